The highest BCUT2D eigenvalue weighted by Crippen LogP contribution is 2.36. The first-order valence-electron chi connectivity index (χ1n) is 15.9. The number of azo groups is 1. The van der Waals surface area contributed by atoms with Gasteiger partial charge in [-0.15, -0.1) is 21.6 Å². The van der Waals surface area contributed by atoms with Gasteiger partial charge in [0.2, 0.25) is 0 Å². The maximum Gasteiger partial charge on any atom is 0.339 e. The summed E-state index contributed by atoms with van der Waals surface area (Å²) in [6.45, 7) is 9.65. The number of benzene rings is 2. The van der Waals surface area contributed by atoms with Gasteiger partial charge in [0.15, 0.2) is 5.00 Å². The molecule has 270 valence electrons. The Kier molecular flexibility index (Phi) is 16.6. The first kappa shape index (κ1) is 40.2. The molecule has 51 heavy (non-hydrogen) atoms. The first-order valence-corrected chi connectivity index (χ1v) is 16.7. The molecule has 0 aliphatic heterocycles. The predicted molar refractivity (Wildman–Crippen MR) is 186 cm³/mol. The predicted octanol–water partition coefficient (Wildman–Crippen LogP) is 5.67. The van der Waals surface area contributed by atoms with E-state index >= 15 is 0 Å². The second kappa shape index (κ2) is 21.1. The van der Waals surface area contributed by atoms with Crippen molar-refractivity contribution in [3.63, 3.8) is 0 Å². The summed E-state index contributed by atoms with van der Waals surface area (Å²) in [6.07, 6.45) is 0. The van der Waals surface area contributed by atoms with Crippen molar-refractivity contribution in [2.24, 2.45) is 10.2 Å². The van der Waals surface area contributed by atoms with Crippen LogP contribution in [0.25, 0.3) is 0 Å². The van der Waals surface area contributed by atoms with Crippen LogP contribution in [0.4, 0.5) is 16.4 Å². The Morgan fingerprint density at radius 3 is 1.96 bits per heavy atom. The van der Waals surface area contributed by atoms with Crippen LogP contribution in [0.3, 0.4) is 0 Å². The van der Waals surface area contributed by atoms with Crippen molar-refractivity contribution in [3.8, 4) is 12.1 Å². The summed E-state index contributed by atoms with van der Waals surface area (Å²) in [4.78, 5) is 37.4. The van der Waals surface area contributed by atoms with Crippen LogP contribution in [0.5, 0.6) is 0 Å². The molecule has 2 N–H and O–H groups in total. The number of rotatable bonds is 22. The zero-order chi connectivity index (χ0) is 37.2. The molecule has 3 aromatic rings. The number of aromatic carboxylic acids is 2. The lowest BCUT2D eigenvalue weighted by atomic mass is 10.0. The number of nitriles is 2. The number of aryl methyl sites for hydroxylation is 1. The third kappa shape index (κ3) is 12.2. The van der Waals surface area contributed by atoms with E-state index in [0.29, 0.717) is 66.3 Å². The second-order valence-electron chi connectivity index (χ2n) is 10.7. The molecule has 0 spiro atoms. The number of carboxylic acids is 2. The first-order chi connectivity index (χ1) is 24.6. The Labute approximate surface area is 299 Å². The molecule has 0 amide bonds. The Balaban J connectivity index is 1.24. The Bertz CT molecular complexity index is 1780. The number of hydrogen-bond acceptors (Lipinski definition) is 14. The van der Waals surface area contributed by atoms with Gasteiger partial charge < -0.3 is 38.8 Å². The van der Waals surface area contributed by atoms with Crippen LogP contribution in [0.15, 0.2) is 46.6 Å². The van der Waals surface area contributed by atoms with Crippen molar-refractivity contribution >= 4 is 45.6 Å². The average Bonchev–Trinajstić information content (AvgIpc) is 3.44. The Morgan fingerprint density at radius 1 is 0.784 bits per heavy atom. The highest BCUT2D eigenvalue weighted by atomic mass is 32.1. The summed E-state index contributed by atoms with van der Waals surface area (Å²) < 4.78 is 27.1. The van der Waals surface area contributed by atoms with Crippen LogP contribution in [0.2, 0.25) is 0 Å². The topological polar surface area (TPSA) is 213 Å². The maximum atomic E-state index is 12.3. The number of esters is 1. The zero-order valence-corrected chi connectivity index (χ0v) is 29.4. The normalized spacial score (nSPS) is 10.9. The highest BCUT2D eigenvalue weighted by Gasteiger charge is 2.20. The lowest BCUT2D eigenvalue weighted by Crippen LogP contribution is -2.27. The quantitative estimate of drug-likeness (QED) is 0.0728. The fourth-order valence-electron chi connectivity index (χ4n) is 4.56. The van der Waals surface area contributed by atoms with Crippen molar-refractivity contribution < 1.29 is 48.3 Å². The molecule has 0 saturated heterocycles. The molecule has 2 aromatic carbocycles. The van der Waals surface area contributed by atoms with E-state index in [1.165, 1.54) is 0 Å². The van der Waals surface area contributed by atoms with Crippen LogP contribution in [0.1, 0.15) is 59.6 Å². The molecule has 0 fully saturated rings. The Morgan fingerprint density at radius 2 is 1.41 bits per heavy atom. The van der Waals surface area contributed by atoms with Gasteiger partial charge >= 0.3 is 17.9 Å². The van der Waals surface area contributed by atoms with Gasteiger partial charge in [-0.25, -0.2) is 14.4 Å². The molecule has 0 aliphatic carbocycles. The molecule has 0 unspecified atom stereocenters. The minimum Gasteiger partial charge on any atom is -0.478 e. The number of hydrogen-bond donors (Lipinski definition) is 2. The van der Waals surface area contributed by atoms with Crippen LogP contribution in [-0.4, -0.2) is 101 Å². The second-order valence-corrected chi connectivity index (χ2v) is 11.7. The molecule has 0 saturated carbocycles. The fourth-order valence-corrected chi connectivity index (χ4v) is 5.44. The van der Waals surface area contributed by atoms with Gasteiger partial charge in [0, 0.05) is 18.8 Å². The van der Waals surface area contributed by atoms with E-state index in [4.69, 9.17) is 28.8 Å². The zero-order valence-electron chi connectivity index (χ0n) is 28.5. The minimum absolute atomic E-state index is 0.0443. The molecule has 0 atom stereocenters. The third-order valence-electron chi connectivity index (χ3n) is 7.32. The summed E-state index contributed by atoms with van der Waals surface area (Å²) in [5.74, 6) is -3.63. The van der Waals surface area contributed by atoms with Gasteiger partial charge in [-0.2, -0.15) is 10.5 Å². The van der Waals surface area contributed by atoms with Crippen LogP contribution >= 0.6 is 11.3 Å². The summed E-state index contributed by atoms with van der Waals surface area (Å²) >= 11 is 1.15. The molecule has 0 radical (unpaired) electrons. The van der Waals surface area contributed by atoms with Crippen molar-refractivity contribution in [2.75, 3.05) is 77.5 Å². The average molecular weight is 722 g/mol. The summed E-state index contributed by atoms with van der Waals surface area (Å²) in [7, 11) is 0. The van der Waals surface area contributed by atoms with Crippen molar-refractivity contribution in [2.45, 2.75) is 20.8 Å². The minimum atomic E-state index is -1.38. The lowest BCUT2D eigenvalue weighted by molar-refractivity contribution is -0.00848. The van der Waals surface area contributed by atoms with Crippen LogP contribution in [0, 0.1) is 36.5 Å². The molecule has 16 heteroatoms. The summed E-state index contributed by atoms with van der Waals surface area (Å²) in [5.41, 5.74) is 2.68. The SMILES string of the molecule is CCN(CCOCCOCCOCCOCCOC(=O)c1cc(C(=O)O)ccc1C(=O)O)c1ccc(/N=N/c2sc(C#N)c(C)c2C#N)c(C)c1. The number of nitrogens with zero attached hydrogens (tertiary/aromatic N) is 5. The van der Waals surface area contributed by atoms with E-state index in [2.05, 4.69) is 34.2 Å². The molecule has 1 aromatic heterocycles. The third-order valence-corrected chi connectivity index (χ3v) is 8.40. The van der Waals surface area contributed by atoms with E-state index in [1.54, 1.807) is 6.92 Å². The van der Waals surface area contributed by atoms with Gasteiger partial charge in [0.25, 0.3) is 0 Å². The van der Waals surface area contributed by atoms with E-state index < -0.39 is 17.9 Å². The van der Waals surface area contributed by atoms with Gasteiger partial charge in [0.05, 0.1) is 80.8 Å². The van der Waals surface area contributed by atoms with E-state index in [9.17, 15) is 30.0 Å². The summed E-state index contributed by atoms with van der Waals surface area (Å²) in [6, 6.07) is 13.2. The number of ether oxygens (including phenoxy) is 5. The van der Waals surface area contributed by atoms with Gasteiger partial charge in [-0.3, -0.25) is 0 Å². The highest BCUT2D eigenvalue weighted by molar-refractivity contribution is 7.16. The van der Waals surface area contributed by atoms with Crippen molar-refractivity contribution in [3.05, 3.63) is 74.7 Å². The molecule has 3 rings (SSSR count). The largest absolute Gasteiger partial charge is 0.478 e. The number of carbonyl (C=O) groups is 3. The molecule has 1 heterocycles. The van der Waals surface area contributed by atoms with Crippen LogP contribution in [-0.2, 0) is 23.7 Å². The maximum absolute atomic E-state index is 12.3. The molecule has 15 nitrogen and oxygen atoms in total. The van der Waals surface area contributed by atoms with Crippen molar-refractivity contribution in [1.82, 2.24) is 0 Å². The molecular weight excluding hydrogens is 682 g/mol. The smallest absolute Gasteiger partial charge is 0.339 e. The van der Waals surface area contributed by atoms with E-state index in [-0.39, 0.29) is 43.1 Å². The Hall–Kier alpha value is -5.23. The number of carboxylic acid groups (broad SMARTS) is 2. The van der Waals surface area contributed by atoms with E-state index in [0.717, 1.165) is 47.3 Å². The van der Waals surface area contributed by atoms with E-state index in [1.807, 2.05) is 25.1 Å². The molecule has 0 bridgehead atoms. The number of anilines is 1. The van der Waals surface area contributed by atoms with Crippen molar-refractivity contribution in [1.29, 1.82) is 10.5 Å². The number of thiophene rings is 1. The number of likely N-dealkylation sites (N-methyl/N-ethyl adjacent to an activating group) is 1. The molecule has 0 aliphatic rings. The standard InChI is InChI=1S/C35H39N5O10S/c1-4-40(26-6-8-30(23(2)19-26)38-39-32-29(21-36)24(3)31(22-37)51-32)9-10-46-11-12-47-13-14-48-15-16-49-17-18-50-35(45)28-20-25(33(41)42)5-7-27(28)34(43)44/h5-8,19-20H,4,9-18H2,1-3H3,(H,41,42)(H,43,44)/b39-38+. The monoisotopic (exact) mass is 721 g/mol. The van der Waals surface area contributed by atoms with Crippen LogP contribution < -0.4 is 4.90 Å². The molecular formula is C35H39N5O10S. The van der Waals surface area contributed by atoms with Gasteiger partial charge in [0.1, 0.15) is 23.6 Å². The fraction of sp³-hybridized carbons (Fsp3) is 0.400. The number of carbonyl (C=O) groups excluding carboxylic acids is 1. The van der Waals surface area contributed by atoms with Gasteiger partial charge in [-0.1, -0.05) is 0 Å². The van der Waals surface area contributed by atoms with Gasteiger partial charge in [-0.05, 0) is 68.3 Å². The summed E-state index contributed by atoms with van der Waals surface area (Å²) in [5, 5.41) is 46.0. The lowest BCUT2D eigenvalue weighted by Gasteiger charge is -2.23.